The summed E-state index contributed by atoms with van der Waals surface area (Å²) >= 11 is 11.1. The van der Waals surface area contributed by atoms with Crippen LogP contribution in [-0.2, 0) is 9.47 Å². The maximum atomic E-state index is 6.29. The van der Waals surface area contributed by atoms with Crippen molar-refractivity contribution in [3.05, 3.63) is 29.3 Å². The van der Waals surface area contributed by atoms with Gasteiger partial charge >= 0.3 is 0 Å². The monoisotopic (exact) mass is 379 g/mol. The molecule has 1 aromatic heterocycles. The molecule has 3 N–H and O–H groups in total. The number of tetrazole rings is 1. The molecule has 0 amide bonds. The summed E-state index contributed by atoms with van der Waals surface area (Å²) < 4.78 is 13.2. The molecule has 0 spiro atoms. The van der Waals surface area contributed by atoms with Crippen molar-refractivity contribution in [1.29, 1.82) is 0 Å². The Morgan fingerprint density at radius 2 is 2.28 bits per heavy atom. The summed E-state index contributed by atoms with van der Waals surface area (Å²) in [6.07, 6.45) is -0.158. The van der Waals surface area contributed by atoms with Gasteiger partial charge in [-0.1, -0.05) is 23.7 Å². The number of hydrogen-bond acceptors (Lipinski definition) is 7. The summed E-state index contributed by atoms with van der Waals surface area (Å²) in [5.74, 6) is 0.561. The van der Waals surface area contributed by atoms with Gasteiger partial charge in [-0.15, -0.1) is 5.10 Å². The molecule has 0 radical (unpaired) electrons. The van der Waals surface area contributed by atoms with Gasteiger partial charge in [0, 0.05) is 12.0 Å². The highest BCUT2D eigenvalue weighted by atomic mass is 35.5. The van der Waals surface area contributed by atoms with Crippen LogP contribution in [0.2, 0.25) is 5.02 Å². The molecule has 2 aromatic rings. The molecule has 2 fully saturated rings. The van der Waals surface area contributed by atoms with Gasteiger partial charge in [0.2, 0.25) is 0 Å². The van der Waals surface area contributed by atoms with E-state index in [1.54, 1.807) is 10.7 Å². The number of nitrogens with zero attached hydrogens (tertiary/aromatic N) is 5. The standard InChI is InChI=1S/C14H14ClN7O2S/c15-8-4-2-1-3-7(8)12-18-20-21-22(12)10-5-9(17-19-14(16)25)13-23-6-11(10)24-13/h1-4,10-11,13H,5-6H2,(H3,16,19,25)/b17-9-/t10-,11+,13+/m0/s1. The van der Waals surface area contributed by atoms with Gasteiger partial charge < -0.3 is 15.2 Å². The first kappa shape index (κ1) is 16.3. The summed E-state index contributed by atoms with van der Waals surface area (Å²) in [7, 11) is 0. The number of halogens is 1. The topological polar surface area (TPSA) is 112 Å². The number of nitrogens with one attached hydrogen (secondary N) is 1. The normalized spacial score (nSPS) is 26.8. The largest absolute Gasteiger partial charge is 0.375 e. The van der Waals surface area contributed by atoms with Crippen molar-refractivity contribution in [3.8, 4) is 11.4 Å². The van der Waals surface area contributed by atoms with Crippen molar-refractivity contribution < 1.29 is 9.47 Å². The Hall–Kier alpha value is -2.14. The number of thiocarbonyl (C=S) groups is 1. The number of ether oxygens (including phenoxy) is 2. The van der Waals surface area contributed by atoms with Crippen molar-refractivity contribution in [1.82, 2.24) is 25.6 Å². The average molecular weight is 380 g/mol. The third kappa shape index (κ3) is 3.09. The predicted molar refractivity (Wildman–Crippen MR) is 93.9 cm³/mol. The number of fused-ring (bicyclic) bond motifs is 2. The third-order valence-corrected chi connectivity index (χ3v) is 4.48. The minimum atomic E-state index is -0.511. The molecule has 2 saturated heterocycles. The highest BCUT2D eigenvalue weighted by molar-refractivity contribution is 7.80. The molecule has 4 rings (SSSR count). The van der Waals surface area contributed by atoms with Gasteiger partial charge in [-0.3, -0.25) is 5.43 Å². The van der Waals surface area contributed by atoms with E-state index in [4.69, 9.17) is 39.0 Å². The van der Waals surface area contributed by atoms with Crippen LogP contribution >= 0.6 is 23.8 Å². The van der Waals surface area contributed by atoms with E-state index in [2.05, 4.69) is 26.1 Å². The summed E-state index contributed by atoms with van der Waals surface area (Å²) in [6, 6.07) is 7.20. The van der Waals surface area contributed by atoms with E-state index in [0.717, 1.165) is 5.56 Å². The molecule has 3 heterocycles. The van der Waals surface area contributed by atoms with Gasteiger partial charge in [-0.2, -0.15) is 5.10 Å². The number of rotatable bonds is 3. The first-order chi connectivity index (χ1) is 12.1. The lowest BCUT2D eigenvalue weighted by molar-refractivity contribution is -0.0320. The van der Waals surface area contributed by atoms with Crippen LogP contribution in [0.25, 0.3) is 11.4 Å². The quantitative estimate of drug-likeness (QED) is 0.596. The van der Waals surface area contributed by atoms with E-state index in [9.17, 15) is 0 Å². The third-order valence-electron chi connectivity index (χ3n) is 4.06. The molecule has 1 aromatic carbocycles. The lowest BCUT2D eigenvalue weighted by Crippen LogP contribution is -2.39. The van der Waals surface area contributed by atoms with Crippen LogP contribution in [0.3, 0.4) is 0 Å². The zero-order chi connectivity index (χ0) is 17.4. The first-order valence-corrected chi connectivity index (χ1v) is 8.34. The Balaban J connectivity index is 1.68. The van der Waals surface area contributed by atoms with Gasteiger partial charge in [-0.25, -0.2) is 4.68 Å². The molecule has 130 valence electrons. The Morgan fingerprint density at radius 1 is 1.44 bits per heavy atom. The lowest BCUT2D eigenvalue weighted by Gasteiger charge is -2.28. The number of nitrogens with two attached hydrogens (primary N) is 1. The summed E-state index contributed by atoms with van der Waals surface area (Å²) in [6.45, 7) is 0.420. The van der Waals surface area contributed by atoms with Gasteiger partial charge in [0.05, 0.1) is 23.4 Å². The fraction of sp³-hybridized carbons (Fsp3) is 0.357. The van der Waals surface area contributed by atoms with Gasteiger partial charge in [-0.05, 0) is 34.8 Å². The molecule has 11 heteroatoms. The van der Waals surface area contributed by atoms with E-state index in [1.165, 1.54) is 0 Å². The smallest absolute Gasteiger partial charge is 0.199 e. The minimum Gasteiger partial charge on any atom is -0.375 e. The maximum Gasteiger partial charge on any atom is 0.199 e. The summed E-state index contributed by atoms with van der Waals surface area (Å²) in [5, 5.41) is 16.9. The number of hydrazone groups is 1. The molecular formula is C14H14ClN7O2S. The molecule has 9 nitrogen and oxygen atoms in total. The van der Waals surface area contributed by atoms with E-state index in [0.29, 0.717) is 29.6 Å². The molecule has 0 saturated carbocycles. The average Bonchev–Trinajstić information content (AvgIpc) is 3.23. The van der Waals surface area contributed by atoms with Crippen molar-refractivity contribution in [2.45, 2.75) is 24.9 Å². The van der Waals surface area contributed by atoms with Crippen LogP contribution in [0.15, 0.2) is 29.4 Å². The molecule has 0 unspecified atom stereocenters. The van der Waals surface area contributed by atoms with Gasteiger partial charge in [0.15, 0.2) is 17.2 Å². The Bertz CT molecular complexity index is 842. The second-order valence-electron chi connectivity index (χ2n) is 5.62. The fourth-order valence-corrected chi connectivity index (χ4v) is 3.21. The van der Waals surface area contributed by atoms with Crippen LogP contribution in [0.4, 0.5) is 0 Å². The van der Waals surface area contributed by atoms with Crippen molar-refractivity contribution in [3.63, 3.8) is 0 Å². The van der Waals surface area contributed by atoms with E-state index in [-0.39, 0.29) is 17.3 Å². The first-order valence-electron chi connectivity index (χ1n) is 7.55. The number of aromatic nitrogens is 4. The molecule has 2 bridgehead atoms. The highest BCUT2D eigenvalue weighted by Gasteiger charge is 2.44. The van der Waals surface area contributed by atoms with Crippen LogP contribution in [0.1, 0.15) is 12.5 Å². The van der Waals surface area contributed by atoms with Crippen LogP contribution in [-0.4, -0.2) is 50.0 Å². The van der Waals surface area contributed by atoms with Crippen LogP contribution in [0, 0.1) is 0 Å². The van der Waals surface area contributed by atoms with Crippen molar-refractivity contribution >= 4 is 34.6 Å². The van der Waals surface area contributed by atoms with Crippen LogP contribution in [0.5, 0.6) is 0 Å². The fourth-order valence-electron chi connectivity index (χ4n) is 2.94. The Labute approximate surface area is 153 Å². The van der Waals surface area contributed by atoms with Crippen LogP contribution < -0.4 is 11.2 Å². The van der Waals surface area contributed by atoms with E-state index < -0.39 is 6.29 Å². The lowest BCUT2D eigenvalue weighted by atomic mass is 10.0. The molecule has 2 aliphatic heterocycles. The zero-order valence-electron chi connectivity index (χ0n) is 12.9. The van der Waals surface area contributed by atoms with E-state index >= 15 is 0 Å². The summed E-state index contributed by atoms with van der Waals surface area (Å²) in [4.78, 5) is 0. The SMILES string of the molecule is NC(=S)N/N=C1/C[C@H](n2nnnc2-c2ccccc2Cl)[C@H]2CO[C@@H]1O2. The van der Waals surface area contributed by atoms with Crippen molar-refractivity contribution in [2.24, 2.45) is 10.8 Å². The van der Waals surface area contributed by atoms with Crippen molar-refractivity contribution in [2.75, 3.05) is 6.61 Å². The van der Waals surface area contributed by atoms with Gasteiger partial charge in [0.25, 0.3) is 0 Å². The van der Waals surface area contributed by atoms with Gasteiger partial charge in [0.1, 0.15) is 6.10 Å². The highest BCUT2D eigenvalue weighted by Crippen LogP contribution is 2.36. The Morgan fingerprint density at radius 3 is 3.08 bits per heavy atom. The summed E-state index contributed by atoms with van der Waals surface area (Å²) in [5.41, 5.74) is 9.40. The predicted octanol–water partition coefficient (Wildman–Crippen LogP) is 0.869. The molecule has 25 heavy (non-hydrogen) atoms. The molecule has 2 aliphatic rings. The molecular weight excluding hydrogens is 366 g/mol. The number of benzene rings is 1. The van der Waals surface area contributed by atoms with E-state index in [1.807, 2.05) is 18.2 Å². The zero-order valence-corrected chi connectivity index (χ0v) is 14.4. The minimum absolute atomic E-state index is 0.0725. The Kier molecular flexibility index (Phi) is 4.34. The second-order valence-corrected chi connectivity index (χ2v) is 6.46. The second kappa shape index (κ2) is 6.64. The maximum absolute atomic E-state index is 6.29. The molecule has 3 atom stereocenters. The number of hydrogen-bond donors (Lipinski definition) is 2. The molecule has 0 aliphatic carbocycles.